The van der Waals surface area contributed by atoms with Crippen molar-refractivity contribution in [1.82, 2.24) is 9.62 Å². The largest absolute Gasteiger partial charge is 0.452 e. The molecule has 1 aromatic rings. The van der Waals surface area contributed by atoms with Crippen molar-refractivity contribution < 1.29 is 12.8 Å². The molecule has 0 bridgehead atoms. The molecule has 0 aliphatic carbocycles. The Bertz CT molecular complexity index is 511. The highest BCUT2D eigenvalue weighted by molar-refractivity contribution is 9.10. The van der Waals surface area contributed by atoms with Crippen LogP contribution in [0.5, 0.6) is 0 Å². The van der Waals surface area contributed by atoms with E-state index >= 15 is 0 Å². The van der Waals surface area contributed by atoms with Crippen LogP contribution >= 0.6 is 15.9 Å². The van der Waals surface area contributed by atoms with Crippen LogP contribution in [-0.2, 0) is 16.6 Å². The Morgan fingerprint density at radius 1 is 1.47 bits per heavy atom. The van der Waals surface area contributed by atoms with Crippen LogP contribution in [-0.4, -0.2) is 32.4 Å². The van der Waals surface area contributed by atoms with Crippen LogP contribution in [0.4, 0.5) is 0 Å². The minimum Gasteiger partial charge on any atom is -0.452 e. The van der Waals surface area contributed by atoms with Gasteiger partial charge in [-0.15, -0.1) is 0 Å². The van der Waals surface area contributed by atoms with E-state index in [4.69, 9.17) is 4.42 Å². The van der Waals surface area contributed by atoms with Crippen LogP contribution in [0.2, 0.25) is 0 Å². The van der Waals surface area contributed by atoms with Gasteiger partial charge in [0, 0.05) is 18.7 Å². The Kier molecular flexibility index (Phi) is 6.04. The molecule has 1 heterocycles. The van der Waals surface area contributed by atoms with Gasteiger partial charge in [0.2, 0.25) is 10.0 Å². The van der Waals surface area contributed by atoms with Gasteiger partial charge < -0.3 is 9.73 Å². The van der Waals surface area contributed by atoms with Gasteiger partial charge in [-0.05, 0) is 43.2 Å². The van der Waals surface area contributed by atoms with Crippen molar-refractivity contribution in [2.75, 3.05) is 13.6 Å². The molecule has 0 atom stereocenters. The summed E-state index contributed by atoms with van der Waals surface area (Å²) in [6.45, 7) is 6.69. The van der Waals surface area contributed by atoms with Crippen molar-refractivity contribution in [1.29, 1.82) is 0 Å². The van der Waals surface area contributed by atoms with Crippen molar-refractivity contribution in [3.8, 4) is 0 Å². The number of nitrogens with one attached hydrogen (secondary N) is 1. The predicted octanol–water partition coefficient (Wildman–Crippen LogP) is 2.57. The van der Waals surface area contributed by atoms with E-state index in [1.165, 1.54) is 4.31 Å². The summed E-state index contributed by atoms with van der Waals surface area (Å²) in [5, 5.41) is 2.93. The summed E-state index contributed by atoms with van der Waals surface area (Å²) in [7, 11) is -1.75. The minimum absolute atomic E-state index is 0.0838. The van der Waals surface area contributed by atoms with Gasteiger partial charge in [0.05, 0.1) is 6.54 Å². The van der Waals surface area contributed by atoms with E-state index < -0.39 is 10.0 Å². The highest BCUT2D eigenvalue weighted by atomic mass is 79.9. The summed E-state index contributed by atoms with van der Waals surface area (Å²) >= 11 is 3.19. The second kappa shape index (κ2) is 6.88. The zero-order chi connectivity index (χ0) is 14.6. The van der Waals surface area contributed by atoms with Crippen LogP contribution in [0.25, 0.3) is 0 Å². The van der Waals surface area contributed by atoms with E-state index in [9.17, 15) is 8.42 Å². The molecule has 0 spiro atoms. The second-order valence-corrected chi connectivity index (χ2v) is 7.17. The fraction of sp³-hybridized carbons (Fsp3) is 0.667. The minimum atomic E-state index is -3.53. The Hall–Kier alpha value is -0.370. The topological polar surface area (TPSA) is 62.6 Å². The first kappa shape index (κ1) is 16.7. The molecule has 0 saturated heterocycles. The second-order valence-electron chi connectivity index (χ2n) is 4.59. The maximum atomic E-state index is 12.6. The first-order valence-corrected chi connectivity index (χ1v) is 8.52. The van der Waals surface area contributed by atoms with Crippen molar-refractivity contribution in [3.63, 3.8) is 0 Å². The maximum absolute atomic E-state index is 12.6. The van der Waals surface area contributed by atoms with Crippen molar-refractivity contribution in [2.45, 2.75) is 44.7 Å². The smallest absolute Gasteiger partial charge is 0.247 e. The molecule has 0 aliphatic rings. The Morgan fingerprint density at radius 3 is 2.58 bits per heavy atom. The molecule has 0 saturated carbocycles. The molecular weight excluding hydrogens is 332 g/mol. The SMILES string of the molecule is CCCN(C(C)C)S(=O)(=O)c1cc(CNC)oc1Br. The number of sulfonamides is 1. The molecule has 0 aliphatic heterocycles. The zero-order valence-corrected chi connectivity index (χ0v) is 14.1. The van der Waals surface area contributed by atoms with E-state index in [1.807, 2.05) is 20.8 Å². The molecular formula is C12H21BrN2O3S. The summed E-state index contributed by atoms with van der Waals surface area (Å²) in [6.07, 6.45) is 0.774. The Labute approximate surface area is 123 Å². The zero-order valence-electron chi connectivity index (χ0n) is 11.7. The van der Waals surface area contributed by atoms with Gasteiger partial charge >= 0.3 is 0 Å². The van der Waals surface area contributed by atoms with Gasteiger partial charge in [-0.25, -0.2) is 8.42 Å². The highest BCUT2D eigenvalue weighted by Crippen LogP contribution is 2.29. The molecule has 7 heteroatoms. The van der Waals surface area contributed by atoms with Crippen molar-refractivity contribution >= 4 is 26.0 Å². The average Bonchev–Trinajstić information content (AvgIpc) is 2.67. The molecule has 0 fully saturated rings. The van der Waals surface area contributed by atoms with Crippen LogP contribution in [0.3, 0.4) is 0 Å². The van der Waals surface area contributed by atoms with E-state index in [0.29, 0.717) is 18.8 Å². The summed E-state index contributed by atoms with van der Waals surface area (Å²) in [4.78, 5) is 0.194. The van der Waals surface area contributed by atoms with Gasteiger partial charge in [-0.2, -0.15) is 4.31 Å². The standard InChI is InChI=1S/C12H21BrN2O3S/c1-5-6-15(9(2)3)19(16,17)11-7-10(8-14-4)18-12(11)13/h7,9,14H,5-6,8H2,1-4H3. The van der Waals surface area contributed by atoms with Crippen LogP contribution < -0.4 is 5.32 Å². The normalized spacial score (nSPS) is 12.6. The van der Waals surface area contributed by atoms with Gasteiger partial charge in [0.25, 0.3) is 0 Å². The molecule has 110 valence electrons. The summed E-state index contributed by atoms with van der Waals surface area (Å²) in [6, 6.07) is 1.49. The van der Waals surface area contributed by atoms with Crippen LogP contribution in [0.15, 0.2) is 20.0 Å². The van der Waals surface area contributed by atoms with Crippen LogP contribution in [0.1, 0.15) is 33.0 Å². The lowest BCUT2D eigenvalue weighted by Gasteiger charge is -2.24. The molecule has 1 rings (SSSR count). The molecule has 0 radical (unpaired) electrons. The first-order chi connectivity index (χ1) is 8.84. The molecule has 1 aromatic heterocycles. The Balaban J connectivity index is 3.17. The maximum Gasteiger partial charge on any atom is 0.247 e. The molecule has 0 amide bonds. The third kappa shape index (κ3) is 3.81. The van der Waals surface area contributed by atoms with E-state index in [2.05, 4.69) is 21.2 Å². The number of rotatable bonds is 7. The number of nitrogens with zero attached hydrogens (tertiary/aromatic N) is 1. The lowest BCUT2D eigenvalue weighted by atomic mass is 10.4. The Morgan fingerprint density at radius 2 is 2.11 bits per heavy atom. The fourth-order valence-corrected chi connectivity index (χ4v) is 4.53. The molecule has 0 unspecified atom stereocenters. The molecule has 1 N–H and O–H groups in total. The molecule has 5 nitrogen and oxygen atoms in total. The summed E-state index contributed by atoms with van der Waals surface area (Å²) in [5.74, 6) is 0.591. The highest BCUT2D eigenvalue weighted by Gasteiger charge is 2.30. The van der Waals surface area contributed by atoms with Crippen molar-refractivity contribution in [2.24, 2.45) is 0 Å². The summed E-state index contributed by atoms with van der Waals surface area (Å²) in [5.41, 5.74) is 0. The van der Waals surface area contributed by atoms with E-state index in [1.54, 1.807) is 13.1 Å². The van der Waals surface area contributed by atoms with Gasteiger partial charge in [-0.3, -0.25) is 0 Å². The number of furan rings is 1. The quantitative estimate of drug-likeness (QED) is 0.818. The number of halogens is 1. The fourth-order valence-electron chi connectivity index (χ4n) is 1.84. The van der Waals surface area contributed by atoms with Crippen molar-refractivity contribution in [3.05, 3.63) is 16.5 Å². The van der Waals surface area contributed by atoms with E-state index in [-0.39, 0.29) is 15.6 Å². The third-order valence-electron chi connectivity index (χ3n) is 2.66. The average molecular weight is 353 g/mol. The first-order valence-electron chi connectivity index (χ1n) is 6.29. The number of hydrogen-bond donors (Lipinski definition) is 1. The number of hydrogen-bond acceptors (Lipinski definition) is 4. The monoisotopic (exact) mass is 352 g/mol. The van der Waals surface area contributed by atoms with Gasteiger partial charge in [0.1, 0.15) is 10.7 Å². The lowest BCUT2D eigenvalue weighted by molar-refractivity contribution is 0.353. The van der Waals surface area contributed by atoms with Gasteiger partial charge in [0.15, 0.2) is 4.67 Å². The molecule has 19 heavy (non-hydrogen) atoms. The van der Waals surface area contributed by atoms with E-state index in [0.717, 1.165) is 6.42 Å². The van der Waals surface area contributed by atoms with Crippen LogP contribution in [0, 0.1) is 0 Å². The summed E-state index contributed by atoms with van der Waals surface area (Å²) < 4.78 is 32.4. The molecule has 0 aromatic carbocycles. The third-order valence-corrected chi connectivity index (χ3v) is 5.60. The lowest BCUT2D eigenvalue weighted by Crippen LogP contribution is -2.37. The predicted molar refractivity (Wildman–Crippen MR) is 78.5 cm³/mol. The van der Waals surface area contributed by atoms with Gasteiger partial charge in [-0.1, -0.05) is 6.92 Å².